The lowest BCUT2D eigenvalue weighted by Crippen LogP contribution is -2.11. The van der Waals surface area contributed by atoms with Gasteiger partial charge in [0.2, 0.25) is 0 Å². The minimum atomic E-state index is 0.323. The van der Waals surface area contributed by atoms with Crippen LogP contribution in [0.15, 0.2) is 22.7 Å². The van der Waals surface area contributed by atoms with Crippen molar-refractivity contribution in [3.63, 3.8) is 0 Å². The minimum absolute atomic E-state index is 0.323. The average Bonchev–Trinajstić information content (AvgIpc) is 2.21. The van der Waals surface area contributed by atoms with Gasteiger partial charge in [-0.25, -0.2) is 0 Å². The third-order valence-corrected chi connectivity index (χ3v) is 3.28. The molecular weight excluding hydrogens is 278 g/mol. The first-order chi connectivity index (χ1) is 7.92. The van der Waals surface area contributed by atoms with Crippen molar-refractivity contribution in [3.8, 4) is 5.75 Å². The maximum absolute atomic E-state index is 5.78. The number of halogens is 1. The van der Waals surface area contributed by atoms with Gasteiger partial charge in [-0.05, 0) is 42.6 Å². The zero-order valence-electron chi connectivity index (χ0n) is 11.1. The highest BCUT2D eigenvalue weighted by molar-refractivity contribution is 9.10. The third-order valence-electron chi connectivity index (χ3n) is 2.51. The molecule has 0 radical (unpaired) electrons. The minimum Gasteiger partial charge on any atom is -0.494 e. The predicted molar refractivity (Wildman–Crippen MR) is 76.5 cm³/mol. The summed E-state index contributed by atoms with van der Waals surface area (Å²) in [5, 5.41) is 3.15. The van der Waals surface area contributed by atoms with E-state index in [1.54, 1.807) is 0 Å². The average molecular weight is 300 g/mol. The largest absolute Gasteiger partial charge is 0.494 e. The Balaban J connectivity index is 2.57. The second-order valence-electron chi connectivity index (χ2n) is 5.44. The highest BCUT2D eigenvalue weighted by Gasteiger charge is 2.10. The van der Waals surface area contributed by atoms with E-state index in [1.807, 2.05) is 19.2 Å². The molecule has 0 spiro atoms. The lowest BCUT2D eigenvalue weighted by Gasteiger charge is -2.18. The molecule has 0 aliphatic rings. The normalized spacial score (nSPS) is 11.6. The molecule has 0 fully saturated rings. The van der Waals surface area contributed by atoms with Gasteiger partial charge < -0.3 is 10.1 Å². The smallest absolute Gasteiger partial charge is 0.119 e. The second kappa shape index (κ2) is 6.41. The summed E-state index contributed by atoms with van der Waals surface area (Å²) >= 11 is 3.54. The van der Waals surface area contributed by atoms with E-state index in [0.717, 1.165) is 29.8 Å². The molecule has 96 valence electrons. The van der Waals surface area contributed by atoms with Gasteiger partial charge in [0.15, 0.2) is 0 Å². The molecule has 17 heavy (non-hydrogen) atoms. The Morgan fingerprint density at radius 2 is 2.00 bits per heavy atom. The van der Waals surface area contributed by atoms with Gasteiger partial charge in [-0.2, -0.15) is 0 Å². The Labute approximate surface area is 113 Å². The number of ether oxygens (including phenoxy) is 1. The summed E-state index contributed by atoms with van der Waals surface area (Å²) in [4.78, 5) is 0. The molecule has 1 N–H and O–H groups in total. The van der Waals surface area contributed by atoms with Crippen molar-refractivity contribution in [1.29, 1.82) is 0 Å². The molecule has 0 unspecified atom stereocenters. The lowest BCUT2D eigenvalue weighted by atomic mass is 9.93. The van der Waals surface area contributed by atoms with Gasteiger partial charge >= 0.3 is 0 Å². The fraction of sp³-hybridized carbons (Fsp3) is 0.571. The van der Waals surface area contributed by atoms with Gasteiger partial charge in [0.1, 0.15) is 5.75 Å². The first-order valence-electron chi connectivity index (χ1n) is 5.98. The van der Waals surface area contributed by atoms with Crippen LogP contribution in [0.2, 0.25) is 0 Å². The summed E-state index contributed by atoms with van der Waals surface area (Å²) in [6.45, 7) is 8.29. The maximum Gasteiger partial charge on any atom is 0.119 e. The fourth-order valence-corrected chi connectivity index (χ4v) is 1.83. The van der Waals surface area contributed by atoms with Gasteiger partial charge in [0, 0.05) is 11.0 Å². The lowest BCUT2D eigenvalue weighted by molar-refractivity contribution is 0.243. The Bertz CT molecular complexity index is 358. The summed E-state index contributed by atoms with van der Waals surface area (Å²) in [5.41, 5.74) is 1.55. The predicted octanol–water partition coefficient (Wildman–Crippen LogP) is 3.98. The highest BCUT2D eigenvalue weighted by Crippen LogP contribution is 2.24. The summed E-state index contributed by atoms with van der Waals surface area (Å²) in [6.07, 6.45) is 1.06. The van der Waals surface area contributed by atoms with E-state index in [0.29, 0.717) is 5.41 Å². The monoisotopic (exact) mass is 299 g/mol. The van der Waals surface area contributed by atoms with Crippen LogP contribution in [-0.4, -0.2) is 13.7 Å². The first-order valence-corrected chi connectivity index (χ1v) is 6.77. The summed E-state index contributed by atoms with van der Waals surface area (Å²) in [6, 6.07) is 6.13. The molecular formula is C14H22BrNO. The molecule has 1 aromatic carbocycles. The van der Waals surface area contributed by atoms with Gasteiger partial charge in [0.25, 0.3) is 0 Å². The van der Waals surface area contributed by atoms with Crippen molar-refractivity contribution in [2.24, 2.45) is 5.41 Å². The Morgan fingerprint density at radius 1 is 1.29 bits per heavy atom. The number of hydrogen-bond acceptors (Lipinski definition) is 2. The van der Waals surface area contributed by atoms with E-state index in [9.17, 15) is 0 Å². The zero-order valence-corrected chi connectivity index (χ0v) is 12.7. The van der Waals surface area contributed by atoms with Crippen LogP contribution in [0.5, 0.6) is 5.75 Å². The van der Waals surface area contributed by atoms with Crippen molar-refractivity contribution in [2.45, 2.75) is 33.7 Å². The summed E-state index contributed by atoms with van der Waals surface area (Å²) in [7, 11) is 1.94. The van der Waals surface area contributed by atoms with Crippen molar-refractivity contribution >= 4 is 15.9 Å². The van der Waals surface area contributed by atoms with E-state index in [-0.39, 0.29) is 0 Å². The van der Waals surface area contributed by atoms with Crippen LogP contribution >= 0.6 is 15.9 Å². The molecule has 3 heteroatoms. The third kappa shape index (κ3) is 5.55. The maximum atomic E-state index is 5.78. The number of nitrogens with one attached hydrogen (secondary N) is 1. The number of benzene rings is 1. The molecule has 0 saturated heterocycles. The number of hydrogen-bond donors (Lipinski definition) is 1. The zero-order chi connectivity index (χ0) is 12.9. The Morgan fingerprint density at radius 3 is 2.59 bits per heavy atom. The van der Waals surface area contributed by atoms with Crippen LogP contribution in [0.4, 0.5) is 0 Å². The van der Waals surface area contributed by atoms with Crippen molar-refractivity contribution in [1.82, 2.24) is 5.32 Å². The molecule has 0 bridgehead atoms. The van der Waals surface area contributed by atoms with Gasteiger partial charge in [-0.1, -0.05) is 36.7 Å². The van der Waals surface area contributed by atoms with Crippen molar-refractivity contribution in [2.75, 3.05) is 13.7 Å². The molecule has 0 aromatic heterocycles. The molecule has 0 saturated carbocycles. The van der Waals surface area contributed by atoms with E-state index >= 15 is 0 Å². The number of rotatable bonds is 5. The van der Waals surface area contributed by atoms with Gasteiger partial charge in [0.05, 0.1) is 6.61 Å². The SMILES string of the molecule is CNCc1cc(OCCC(C)(C)C)ccc1Br. The topological polar surface area (TPSA) is 21.3 Å². The molecule has 0 atom stereocenters. The standard InChI is InChI=1S/C14H22BrNO/c1-14(2,3)7-8-17-12-5-6-13(15)11(9-12)10-16-4/h5-6,9,16H,7-8,10H2,1-4H3. The van der Waals surface area contributed by atoms with E-state index < -0.39 is 0 Å². The van der Waals surface area contributed by atoms with Crippen LogP contribution in [-0.2, 0) is 6.54 Å². The Hall–Kier alpha value is -0.540. The molecule has 0 aliphatic heterocycles. The van der Waals surface area contributed by atoms with E-state index in [1.165, 1.54) is 5.56 Å². The first kappa shape index (κ1) is 14.5. The molecule has 0 aliphatic carbocycles. The summed E-state index contributed by atoms with van der Waals surface area (Å²) in [5.74, 6) is 0.947. The van der Waals surface area contributed by atoms with Crippen LogP contribution in [0.3, 0.4) is 0 Å². The van der Waals surface area contributed by atoms with Crippen molar-refractivity contribution in [3.05, 3.63) is 28.2 Å². The molecule has 0 amide bonds. The van der Waals surface area contributed by atoms with Crippen LogP contribution < -0.4 is 10.1 Å². The van der Waals surface area contributed by atoms with E-state index in [4.69, 9.17) is 4.74 Å². The Kier molecular flexibility index (Phi) is 5.47. The van der Waals surface area contributed by atoms with Gasteiger partial charge in [-0.15, -0.1) is 0 Å². The van der Waals surface area contributed by atoms with Crippen LogP contribution in [0.25, 0.3) is 0 Å². The van der Waals surface area contributed by atoms with E-state index in [2.05, 4.69) is 48.1 Å². The van der Waals surface area contributed by atoms with Gasteiger partial charge in [-0.3, -0.25) is 0 Å². The second-order valence-corrected chi connectivity index (χ2v) is 6.30. The molecule has 0 heterocycles. The highest BCUT2D eigenvalue weighted by atomic mass is 79.9. The fourth-order valence-electron chi connectivity index (χ4n) is 1.44. The molecule has 1 aromatic rings. The quantitative estimate of drug-likeness (QED) is 0.888. The molecule has 2 nitrogen and oxygen atoms in total. The summed E-state index contributed by atoms with van der Waals surface area (Å²) < 4.78 is 6.90. The van der Waals surface area contributed by atoms with Crippen molar-refractivity contribution < 1.29 is 4.74 Å². The van der Waals surface area contributed by atoms with Crippen LogP contribution in [0, 0.1) is 5.41 Å². The molecule has 1 rings (SSSR count). The van der Waals surface area contributed by atoms with Crippen LogP contribution in [0.1, 0.15) is 32.8 Å².